The number of Topliss-reactive ketones (excluding diaryl/α,β-unsaturated/α-hetero) is 1. The Balaban J connectivity index is 2.14. The largest absolute Gasteiger partial charge is 0.471 e. The van der Waals surface area contributed by atoms with Gasteiger partial charge in [-0.25, -0.2) is 4.39 Å². The molecule has 1 unspecified atom stereocenters. The van der Waals surface area contributed by atoms with Crippen molar-refractivity contribution in [3.8, 4) is 5.75 Å². The first kappa shape index (κ1) is 15.3. The van der Waals surface area contributed by atoms with E-state index in [-0.39, 0.29) is 16.6 Å². The summed E-state index contributed by atoms with van der Waals surface area (Å²) in [6.07, 6.45) is 0. The van der Waals surface area contributed by atoms with Crippen molar-refractivity contribution in [2.75, 3.05) is 0 Å². The van der Waals surface area contributed by atoms with E-state index >= 15 is 0 Å². The zero-order chi connectivity index (χ0) is 14.7. The highest BCUT2D eigenvalue weighted by atomic mass is 79.9. The molecule has 0 saturated carbocycles. The highest BCUT2D eigenvalue weighted by Crippen LogP contribution is 2.25. The minimum Gasteiger partial charge on any atom is -0.471 e. The Morgan fingerprint density at radius 2 is 1.80 bits per heavy atom. The molecule has 1 atom stereocenters. The summed E-state index contributed by atoms with van der Waals surface area (Å²) in [5.41, 5.74) is 0.292. The SMILES string of the molecule is O=C(c1ccc(Cl)cc1Cl)C(Br)Oc1ccc(F)cc1. The highest BCUT2D eigenvalue weighted by Gasteiger charge is 2.21. The van der Waals surface area contributed by atoms with Crippen molar-refractivity contribution in [3.63, 3.8) is 0 Å². The number of benzene rings is 2. The van der Waals surface area contributed by atoms with Gasteiger partial charge >= 0.3 is 0 Å². The molecule has 20 heavy (non-hydrogen) atoms. The standard InChI is InChI=1S/C14H8BrCl2FO2/c15-14(20-10-4-2-9(18)3-5-10)13(19)11-6-1-8(16)7-12(11)17/h1-7,14H. The summed E-state index contributed by atoms with van der Waals surface area (Å²) in [4.78, 5) is 12.2. The van der Waals surface area contributed by atoms with Crippen molar-refractivity contribution < 1.29 is 13.9 Å². The number of rotatable bonds is 4. The van der Waals surface area contributed by atoms with E-state index in [0.29, 0.717) is 16.3 Å². The molecule has 0 aromatic heterocycles. The molecular formula is C14H8BrCl2FO2. The average molecular weight is 378 g/mol. The summed E-state index contributed by atoms with van der Waals surface area (Å²) in [5, 5.41) is -0.238. The second kappa shape index (κ2) is 6.57. The number of carbonyl (C=O) groups is 1. The van der Waals surface area contributed by atoms with Crippen LogP contribution in [0.15, 0.2) is 42.5 Å². The number of carbonyl (C=O) groups excluding carboxylic acids is 1. The third kappa shape index (κ3) is 3.72. The second-order valence-electron chi connectivity index (χ2n) is 3.88. The van der Waals surface area contributed by atoms with Crippen LogP contribution in [0.3, 0.4) is 0 Å². The maximum atomic E-state index is 12.8. The van der Waals surface area contributed by atoms with Gasteiger partial charge in [-0.2, -0.15) is 0 Å². The fourth-order valence-corrected chi connectivity index (χ4v) is 2.46. The van der Waals surface area contributed by atoms with E-state index in [4.69, 9.17) is 27.9 Å². The molecule has 2 rings (SSSR count). The summed E-state index contributed by atoms with van der Waals surface area (Å²) in [5.74, 6) is -0.363. The minimum absolute atomic E-state index is 0.245. The number of ketones is 1. The lowest BCUT2D eigenvalue weighted by Crippen LogP contribution is -2.21. The first-order chi connectivity index (χ1) is 9.47. The molecule has 0 aliphatic rings. The number of ether oxygens (including phenoxy) is 1. The molecule has 0 spiro atoms. The summed E-state index contributed by atoms with van der Waals surface area (Å²) in [7, 11) is 0. The van der Waals surface area contributed by atoms with Gasteiger partial charge in [0.1, 0.15) is 11.6 Å². The van der Waals surface area contributed by atoms with Crippen molar-refractivity contribution in [1.82, 2.24) is 0 Å². The van der Waals surface area contributed by atoms with E-state index in [9.17, 15) is 9.18 Å². The van der Waals surface area contributed by atoms with Crippen LogP contribution in [0.25, 0.3) is 0 Å². The maximum absolute atomic E-state index is 12.8. The fourth-order valence-electron chi connectivity index (χ4n) is 1.50. The first-order valence-electron chi connectivity index (χ1n) is 5.53. The van der Waals surface area contributed by atoms with E-state index < -0.39 is 5.01 Å². The third-order valence-corrected chi connectivity index (χ3v) is 3.61. The van der Waals surface area contributed by atoms with Gasteiger partial charge in [-0.15, -0.1) is 0 Å². The van der Waals surface area contributed by atoms with E-state index in [1.165, 1.54) is 36.4 Å². The molecule has 0 fully saturated rings. The second-order valence-corrected chi connectivity index (χ2v) is 5.55. The number of hydrogen-bond donors (Lipinski definition) is 0. The molecule has 0 aliphatic heterocycles. The lowest BCUT2D eigenvalue weighted by molar-refractivity contribution is 0.0897. The van der Waals surface area contributed by atoms with Crippen LogP contribution in [-0.2, 0) is 0 Å². The lowest BCUT2D eigenvalue weighted by Gasteiger charge is -2.13. The fraction of sp³-hybridized carbons (Fsp3) is 0.0714. The minimum atomic E-state index is -0.924. The Labute approximate surface area is 133 Å². The van der Waals surface area contributed by atoms with Crippen LogP contribution in [0.5, 0.6) is 5.75 Å². The maximum Gasteiger partial charge on any atom is 0.215 e. The molecular weight excluding hydrogens is 370 g/mol. The third-order valence-electron chi connectivity index (χ3n) is 2.46. The van der Waals surface area contributed by atoms with Gasteiger partial charge in [0, 0.05) is 10.6 Å². The topological polar surface area (TPSA) is 26.3 Å². The normalized spacial score (nSPS) is 12.0. The van der Waals surface area contributed by atoms with E-state index in [1.807, 2.05) is 0 Å². The zero-order valence-electron chi connectivity index (χ0n) is 9.95. The van der Waals surface area contributed by atoms with Crippen molar-refractivity contribution in [3.05, 3.63) is 63.9 Å². The van der Waals surface area contributed by atoms with Crippen molar-refractivity contribution in [2.45, 2.75) is 5.01 Å². The Bertz CT molecular complexity index is 632. The smallest absolute Gasteiger partial charge is 0.215 e. The monoisotopic (exact) mass is 376 g/mol. The van der Waals surface area contributed by atoms with Gasteiger partial charge in [0.15, 0.2) is 0 Å². The summed E-state index contributed by atoms with van der Waals surface area (Å²) in [6.45, 7) is 0. The van der Waals surface area contributed by atoms with E-state index in [0.717, 1.165) is 0 Å². The zero-order valence-corrected chi connectivity index (χ0v) is 13.0. The quantitative estimate of drug-likeness (QED) is 0.546. The Hall–Kier alpha value is -1.10. The van der Waals surface area contributed by atoms with Gasteiger partial charge in [0.05, 0.1) is 5.02 Å². The first-order valence-corrected chi connectivity index (χ1v) is 7.20. The molecule has 0 radical (unpaired) electrons. The molecule has 0 aliphatic carbocycles. The molecule has 104 valence electrons. The molecule has 0 N–H and O–H groups in total. The van der Waals surface area contributed by atoms with Crippen LogP contribution in [0.1, 0.15) is 10.4 Å². The van der Waals surface area contributed by atoms with Crippen LogP contribution < -0.4 is 4.74 Å². The molecule has 0 saturated heterocycles. The van der Waals surface area contributed by atoms with E-state index in [2.05, 4.69) is 15.9 Å². The van der Waals surface area contributed by atoms with E-state index in [1.54, 1.807) is 6.07 Å². The van der Waals surface area contributed by atoms with Crippen LogP contribution >= 0.6 is 39.1 Å². The molecule has 2 aromatic rings. The van der Waals surface area contributed by atoms with Gasteiger partial charge in [-0.3, -0.25) is 4.79 Å². The Kier molecular flexibility index (Phi) is 5.02. The van der Waals surface area contributed by atoms with Gasteiger partial charge in [0.25, 0.3) is 0 Å². The van der Waals surface area contributed by atoms with Gasteiger partial charge in [-0.1, -0.05) is 23.2 Å². The molecule has 2 nitrogen and oxygen atoms in total. The molecule has 6 heteroatoms. The highest BCUT2D eigenvalue weighted by molar-refractivity contribution is 9.09. The Morgan fingerprint density at radius 3 is 2.40 bits per heavy atom. The summed E-state index contributed by atoms with van der Waals surface area (Å²) >= 11 is 14.9. The molecule has 0 bridgehead atoms. The van der Waals surface area contributed by atoms with Crippen molar-refractivity contribution in [2.24, 2.45) is 0 Å². The van der Waals surface area contributed by atoms with Crippen molar-refractivity contribution >= 4 is 44.9 Å². The summed E-state index contributed by atoms with van der Waals surface area (Å²) < 4.78 is 18.2. The van der Waals surface area contributed by atoms with Crippen LogP contribution in [0.2, 0.25) is 10.0 Å². The molecule has 2 aromatic carbocycles. The van der Waals surface area contributed by atoms with Crippen molar-refractivity contribution in [1.29, 1.82) is 0 Å². The lowest BCUT2D eigenvalue weighted by atomic mass is 10.1. The number of alkyl halides is 1. The molecule has 0 heterocycles. The average Bonchev–Trinajstić information content (AvgIpc) is 2.40. The predicted octanol–water partition coefficient (Wildman–Crippen LogP) is 5.12. The Morgan fingerprint density at radius 1 is 1.15 bits per heavy atom. The van der Waals surface area contributed by atoms with Gasteiger partial charge < -0.3 is 4.74 Å². The van der Waals surface area contributed by atoms with Crippen LogP contribution in [-0.4, -0.2) is 10.8 Å². The van der Waals surface area contributed by atoms with Gasteiger partial charge in [0.2, 0.25) is 10.8 Å². The number of hydrogen-bond acceptors (Lipinski definition) is 2. The van der Waals surface area contributed by atoms with Gasteiger partial charge in [-0.05, 0) is 58.4 Å². The predicted molar refractivity (Wildman–Crippen MR) is 80.5 cm³/mol. The van der Waals surface area contributed by atoms with Crippen LogP contribution in [0, 0.1) is 5.82 Å². The summed E-state index contributed by atoms with van der Waals surface area (Å²) in [6, 6.07) is 9.92. The molecule has 0 amide bonds. The van der Waals surface area contributed by atoms with Crippen LogP contribution in [0.4, 0.5) is 4.39 Å². The number of halogens is 4.